The van der Waals surface area contributed by atoms with Gasteiger partial charge in [0.1, 0.15) is 11.6 Å². The molecule has 114 valence electrons. The van der Waals surface area contributed by atoms with Gasteiger partial charge in [-0.15, -0.1) is 0 Å². The summed E-state index contributed by atoms with van der Waals surface area (Å²) in [6.07, 6.45) is 1.49. The van der Waals surface area contributed by atoms with E-state index < -0.39 is 0 Å². The second kappa shape index (κ2) is 6.21. The highest BCUT2D eigenvalue weighted by Crippen LogP contribution is 2.31. The molecule has 1 atom stereocenters. The quantitative estimate of drug-likeness (QED) is 0.830. The van der Waals surface area contributed by atoms with Gasteiger partial charge < -0.3 is 0 Å². The summed E-state index contributed by atoms with van der Waals surface area (Å²) in [6, 6.07) is 9.04. The first-order valence-corrected chi connectivity index (χ1v) is 8.41. The number of carbonyl (C=O) groups excluding carboxylic acids is 1. The highest BCUT2D eigenvalue weighted by molar-refractivity contribution is 8.15. The Labute approximate surface area is 133 Å². The van der Waals surface area contributed by atoms with Gasteiger partial charge in [0, 0.05) is 17.4 Å². The Bertz CT molecular complexity index is 769. The number of aliphatic imine (C=N–C) groups is 1. The molecule has 4 heteroatoms. The molecule has 1 aliphatic rings. The van der Waals surface area contributed by atoms with Crippen LogP contribution in [0.25, 0.3) is 10.8 Å². The maximum absolute atomic E-state index is 13.9. The molecule has 0 amide bonds. The van der Waals surface area contributed by atoms with E-state index in [-0.39, 0.29) is 16.9 Å². The van der Waals surface area contributed by atoms with Crippen molar-refractivity contribution >= 4 is 33.4 Å². The van der Waals surface area contributed by atoms with Crippen molar-refractivity contribution in [3.8, 4) is 0 Å². The molecule has 2 aromatic rings. The van der Waals surface area contributed by atoms with Gasteiger partial charge in [-0.05, 0) is 42.5 Å². The second-order valence-electron chi connectivity index (χ2n) is 5.60. The number of nitrogens with zero attached hydrogens (tertiary/aromatic N) is 1. The topological polar surface area (TPSA) is 29.4 Å². The van der Waals surface area contributed by atoms with Crippen molar-refractivity contribution in [3.63, 3.8) is 0 Å². The van der Waals surface area contributed by atoms with Crippen LogP contribution in [0.3, 0.4) is 0 Å². The third-order valence-electron chi connectivity index (χ3n) is 3.88. The van der Waals surface area contributed by atoms with Crippen molar-refractivity contribution in [3.05, 3.63) is 47.3 Å². The SMILES string of the molecule is CCCC(=O)C1CN=C(c2cc(C)c3c(F)cccc3c2)S1. The zero-order valence-electron chi connectivity index (χ0n) is 12.7. The molecule has 0 fully saturated rings. The summed E-state index contributed by atoms with van der Waals surface area (Å²) < 4.78 is 13.9. The van der Waals surface area contributed by atoms with Crippen molar-refractivity contribution < 1.29 is 9.18 Å². The first-order valence-electron chi connectivity index (χ1n) is 7.53. The minimum absolute atomic E-state index is 0.0570. The molecule has 1 heterocycles. The highest BCUT2D eigenvalue weighted by atomic mass is 32.2. The third-order valence-corrected chi connectivity index (χ3v) is 5.16. The number of Topliss-reactive ketones (excluding diaryl/α,β-unsaturated/α-hetero) is 1. The van der Waals surface area contributed by atoms with Gasteiger partial charge in [-0.25, -0.2) is 4.39 Å². The summed E-state index contributed by atoms with van der Waals surface area (Å²) in [7, 11) is 0. The number of aryl methyl sites for hydroxylation is 1. The van der Waals surface area contributed by atoms with Gasteiger partial charge in [0.15, 0.2) is 0 Å². The molecule has 1 aliphatic heterocycles. The maximum Gasteiger partial charge on any atom is 0.148 e. The van der Waals surface area contributed by atoms with Crippen LogP contribution in [0, 0.1) is 12.7 Å². The van der Waals surface area contributed by atoms with Gasteiger partial charge in [0.05, 0.1) is 16.8 Å². The summed E-state index contributed by atoms with van der Waals surface area (Å²) in [5, 5.41) is 2.37. The smallest absolute Gasteiger partial charge is 0.148 e. The van der Waals surface area contributed by atoms with Crippen LogP contribution in [-0.2, 0) is 4.79 Å². The van der Waals surface area contributed by atoms with Gasteiger partial charge in [0.2, 0.25) is 0 Å². The number of rotatable bonds is 4. The molecule has 0 bridgehead atoms. The van der Waals surface area contributed by atoms with E-state index in [1.807, 2.05) is 32.0 Å². The van der Waals surface area contributed by atoms with Gasteiger partial charge in [-0.2, -0.15) is 0 Å². The van der Waals surface area contributed by atoms with E-state index in [0.717, 1.165) is 28.0 Å². The lowest BCUT2D eigenvalue weighted by Gasteiger charge is -2.09. The molecule has 3 rings (SSSR count). The molecule has 1 unspecified atom stereocenters. The molecule has 22 heavy (non-hydrogen) atoms. The highest BCUT2D eigenvalue weighted by Gasteiger charge is 2.26. The standard InChI is InChI=1S/C18H18FNOS/c1-3-5-15(21)16-10-20-18(22-16)13-8-11(2)17-12(9-13)6-4-7-14(17)19/h4,6-9,16H,3,5,10H2,1-2H3. The number of hydrogen-bond acceptors (Lipinski definition) is 3. The predicted molar refractivity (Wildman–Crippen MR) is 91.3 cm³/mol. The molecule has 0 saturated heterocycles. The lowest BCUT2D eigenvalue weighted by atomic mass is 10.0. The minimum Gasteiger partial charge on any atom is -0.298 e. The second-order valence-corrected chi connectivity index (χ2v) is 6.79. The molecule has 2 nitrogen and oxygen atoms in total. The van der Waals surface area contributed by atoms with Crippen molar-refractivity contribution in [2.24, 2.45) is 4.99 Å². The van der Waals surface area contributed by atoms with Crippen molar-refractivity contribution in [2.75, 3.05) is 6.54 Å². The number of carbonyl (C=O) groups is 1. The molecule has 0 spiro atoms. The Balaban J connectivity index is 1.91. The summed E-state index contributed by atoms with van der Waals surface area (Å²) in [4.78, 5) is 16.5. The van der Waals surface area contributed by atoms with E-state index in [4.69, 9.17) is 0 Å². The van der Waals surface area contributed by atoms with E-state index in [1.54, 1.807) is 6.07 Å². The lowest BCUT2D eigenvalue weighted by Crippen LogP contribution is -2.17. The van der Waals surface area contributed by atoms with Crippen LogP contribution in [-0.4, -0.2) is 22.6 Å². The van der Waals surface area contributed by atoms with Gasteiger partial charge in [-0.1, -0.05) is 30.8 Å². The Morgan fingerprint density at radius 2 is 2.23 bits per heavy atom. The number of benzene rings is 2. The average molecular weight is 315 g/mol. The Hall–Kier alpha value is -1.68. The number of ketones is 1. The van der Waals surface area contributed by atoms with Gasteiger partial charge in [0.25, 0.3) is 0 Å². The summed E-state index contributed by atoms with van der Waals surface area (Å²) >= 11 is 1.54. The van der Waals surface area contributed by atoms with Crippen molar-refractivity contribution in [1.82, 2.24) is 0 Å². The van der Waals surface area contributed by atoms with Gasteiger partial charge >= 0.3 is 0 Å². The van der Waals surface area contributed by atoms with Crippen LogP contribution in [0.4, 0.5) is 4.39 Å². The van der Waals surface area contributed by atoms with Crippen LogP contribution in [0.2, 0.25) is 0 Å². The molecule has 0 radical (unpaired) electrons. The Kier molecular flexibility index (Phi) is 4.30. The normalized spacial score (nSPS) is 17.8. The zero-order valence-corrected chi connectivity index (χ0v) is 13.5. The molecular weight excluding hydrogens is 297 g/mol. The lowest BCUT2D eigenvalue weighted by molar-refractivity contribution is -0.118. The maximum atomic E-state index is 13.9. The van der Waals surface area contributed by atoms with E-state index in [9.17, 15) is 9.18 Å². The van der Waals surface area contributed by atoms with Crippen LogP contribution in [0.1, 0.15) is 30.9 Å². The van der Waals surface area contributed by atoms with E-state index in [0.29, 0.717) is 18.4 Å². The minimum atomic E-state index is -0.196. The Morgan fingerprint density at radius 3 is 3.00 bits per heavy atom. The average Bonchev–Trinajstić information content (AvgIpc) is 2.97. The van der Waals surface area contributed by atoms with E-state index in [1.165, 1.54) is 17.8 Å². The largest absolute Gasteiger partial charge is 0.298 e. The summed E-state index contributed by atoms with van der Waals surface area (Å²) in [5.74, 6) is 0.0772. The van der Waals surface area contributed by atoms with Crippen molar-refractivity contribution in [1.29, 1.82) is 0 Å². The molecule has 0 N–H and O–H groups in total. The fourth-order valence-electron chi connectivity index (χ4n) is 2.82. The van der Waals surface area contributed by atoms with Crippen LogP contribution < -0.4 is 0 Å². The van der Waals surface area contributed by atoms with E-state index in [2.05, 4.69) is 4.99 Å². The monoisotopic (exact) mass is 315 g/mol. The van der Waals surface area contributed by atoms with Gasteiger partial charge in [-0.3, -0.25) is 9.79 Å². The summed E-state index contributed by atoms with van der Waals surface area (Å²) in [6.45, 7) is 4.48. The first kappa shape index (κ1) is 15.2. The van der Waals surface area contributed by atoms with Crippen LogP contribution in [0.5, 0.6) is 0 Å². The number of fused-ring (bicyclic) bond motifs is 1. The number of halogens is 1. The fourth-order valence-corrected chi connectivity index (χ4v) is 3.90. The molecule has 0 saturated carbocycles. The number of hydrogen-bond donors (Lipinski definition) is 0. The Morgan fingerprint density at radius 1 is 1.41 bits per heavy atom. The van der Waals surface area contributed by atoms with Crippen molar-refractivity contribution in [2.45, 2.75) is 31.9 Å². The molecular formula is C18H18FNOS. The fraction of sp³-hybridized carbons (Fsp3) is 0.333. The molecule has 2 aromatic carbocycles. The predicted octanol–water partition coefficient (Wildman–Crippen LogP) is 4.52. The molecule has 0 aromatic heterocycles. The summed E-state index contributed by atoms with van der Waals surface area (Å²) in [5.41, 5.74) is 1.88. The first-order chi connectivity index (χ1) is 10.6. The zero-order chi connectivity index (χ0) is 15.7. The van der Waals surface area contributed by atoms with Crippen LogP contribution >= 0.6 is 11.8 Å². The van der Waals surface area contributed by atoms with Crippen LogP contribution in [0.15, 0.2) is 35.3 Å². The molecule has 0 aliphatic carbocycles. The van der Waals surface area contributed by atoms with E-state index >= 15 is 0 Å². The number of thioether (sulfide) groups is 1. The third kappa shape index (κ3) is 2.80.